The molecule has 0 fully saturated rings. The van der Waals surface area contributed by atoms with Gasteiger partial charge < -0.3 is 15.4 Å². The number of carbonyl (C=O) groups is 1. The molecular weight excluding hydrogens is 491 g/mol. The van der Waals surface area contributed by atoms with Crippen molar-refractivity contribution in [1.82, 2.24) is 9.88 Å². The summed E-state index contributed by atoms with van der Waals surface area (Å²) in [5, 5.41) is 0. The van der Waals surface area contributed by atoms with Crippen LogP contribution in [0.2, 0.25) is 0 Å². The Morgan fingerprint density at radius 2 is 2.03 bits per heavy atom. The van der Waals surface area contributed by atoms with Gasteiger partial charge >= 0.3 is 0 Å². The average molecular weight is 517 g/mol. The van der Waals surface area contributed by atoms with Gasteiger partial charge in [-0.2, -0.15) is 0 Å². The van der Waals surface area contributed by atoms with Gasteiger partial charge in [0.05, 0.1) is 16.0 Å². The fraction of sp³-hybridized carbons (Fsp3) is 0.292. The van der Waals surface area contributed by atoms with Crippen molar-refractivity contribution < 1.29 is 22.3 Å². The molecule has 2 unspecified atom stereocenters. The predicted octanol–water partition coefficient (Wildman–Crippen LogP) is 4.00. The van der Waals surface area contributed by atoms with Crippen LogP contribution in [0.1, 0.15) is 17.8 Å². The van der Waals surface area contributed by atoms with Crippen molar-refractivity contribution in [2.45, 2.75) is 13.0 Å². The van der Waals surface area contributed by atoms with Gasteiger partial charge in [0.1, 0.15) is 21.6 Å². The van der Waals surface area contributed by atoms with Crippen molar-refractivity contribution >= 4 is 49.2 Å². The number of nitrogen functional groups attached to an aromatic ring is 1. The maximum Gasteiger partial charge on any atom is 0.219 e. The van der Waals surface area contributed by atoms with E-state index in [1.54, 1.807) is 24.5 Å². The number of anilines is 1. The van der Waals surface area contributed by atoms with Crippen LogP contribution in [0, 0.1) is 11.7 Å². The number of fused-ring (bicyclic) bond motifs is 1. The minimum atomic E-state index is -3.17. The quantitative estimate of drug-likeness (QED) is 0.357. The Morgan fingerprint density at radius 3 is 2.69 bits per heavy atom. The van der Waals surface area contributed by atoms with Crippen molar-refractivity contribution in [2.75, 3.05) is 30.8 Å². The summed E-state index contributed by atoms with van der Waals surface area (Å²) >= 11 is 1.46. The Morgan fingerprint density at radius 1 is 1.23 bits per heavy atom. The number of amides is 1. The first kappa shape index (κ1) is 24.8. The van der Waals surface area contributed by atoms with Crippen LogP contribution < -0.4 is 10.5 Å². The number of rotatable bonds is 8. The van der Waals surface area contributed by atoms with E-state index in [0.29, 0.717) is 23.5 Å². The first-order chi connectivity index (χ1) is 16.6. The number of aliphatic imine (C=N–C) groups is 1. The van der Waals surface area contributed by atoms with Crippen LogP contribution in [0.4, 0.5) is 10.1 Å². The molecule has 2 aromatic heterocycles. The first-order valence-corrected chi connectivity index (χ1v) is 13.7. The summed E-state index contributed by atoms with van der Waals surface area (Å²) in [6, 6.07) is 7.64. The van der Waals surface area contributed by atoms with Gasteiger partial charge in [0.25, 0.3) is 0 Å². The second-order valence-electron chi connectivity index (χ2n) is 8.35. The molecule has 0 saturated heterocycles. The normalized spacial score (nSPS) is 17.6. The Kier molecular flexibility index (Phi) is 7.18. The molecule has 0 spiro atoms. The highest BCUT2D eigenvalue weighted by atomic mass is 32.2. The van der Waals surface area contributed by atoms with Crippen molar-refractivity contribution in [3.05, 3.63) is 59.4 Å². The Balaban J connectivity index is 1.48. The van der Waals surface area contributed by atoms with Gasteiger partial charge in [-0.3, -0.25) is 14.8 Å². The van der Waals surface area contributed by atoms with Gasteiger partial charge in [-0.15, -0.1) is 11.3 Å². The lowest BCUT2D eigenvalue weighted by molar-refractivity contribution is -0.128. The number of benzene rings is 1. The Bertz CT molecular complexity index is 1400. The number of ether oxygens (including phenoxy) is 1. The zero-order valence-electron chi connectivity index (χ0n) is 19.2. The Hall–Kier alpha value is -3.31. The van der Waals surface area contributed by atoms with Crippen LogP contribution in [-0.2, 0) is 14.6 Å². The monoisotopic (exact) mass is 516 g/mol. The number of halogens is 1. The standard InChI is InChI=1S/C24H25FN4O4S2/c1-15(30)29(9-10-35(2,31)32)14-16-3-5-19(28-13-16)23-12-20-24(34-23)22(7-8-27-20)33-21-6-4-17(26)11-18(21)25/h3-8,11-13,16,19H,9-10,14,26H2,1-2H3. The molecule has 1 aromatic carbocycles. The first-order valence-electron chi connectivity index (χ1n) is 10.9. The number of nitrogens with two attached hydrogens (primary N) is 1. The van der Waals surface area contributed by atoms with E-state index in [-0.39, 0.29) is 35.9 Å². The van der Waals surface area contributed by atoms with Gasteiger partial charge in [-0.05, 0) is 18.2 Å². The minimum Gasteiger partial charge on any atom is -0.453 e. The molecule has 1 aliphatic heterocycles. The zero-order chi connectivity index (χ0) is 25.2. The number of hydrogen-bond acceptors (Lipinski definition) is 8. The van der Waals surface area contributed by atoms with Gasteiger partial charge in [0.15, 0.2) is 11.6 Å². The molecular formula is C24H25FN4O4S2. The number of thiophene rings is 1. The number of pyridine rings is 1. The summed E-state index contributed by atoms with van der Waals surface area (Å²) in [5.41, 5.74) is 6.64. The van der Waals surface area contributed by atoms with E-state index < -0.39 is 15.7 Å². The molecule has 2 atom stereocenters. The summed E-state index contributed by atoms with van der Waals surface area (Å²) in [4.78, 5) is 23.4. The van der Waals surface area contributed by atoms with Crippen LogP contribution in [0.25, 0.3) is 10.2 Å². The maximum atomic E-state index is 14.2. The fourth-order valence-corrected chi connectivity index (χ4v) is 5.26. The van der Waals surface area contributed by atoms with E-state index >= 15 is 0 Å². The third-order valence-corrected chi connectivity index (χ3v) is 7.58. The van der Waals surface area contributed by atoms with Gasteiger partial charge in [0.2, 0.25) is 5.91 Å². The molecule has 8 nitrogen and oxygen atoms in total. The summed E-state index contributed by atoms with van der Waals surface area (Å²) < 4.78 is 43.7. The van der Waals surface area contributed by atoms with E-state index in [9.17, 15) is 17.6 Å². The zero-order valence-corrected chi connectivity index (χ0v) is 20.9. The molecule has 184 valence electrons. The molecule has 0 saturated carbocycles. The number of sulfone groups is 1. The summed E-state index contributed by atoms with van der Waals surface area (Å²) in [7, 11) is -3.17. The third-order valence-electron chi connectivity index (χ3n) is 5.45. The highest BCUT2D eigenvalue weighted by Gasteiger charge is 2.21. The lowest BCUT2D eigenvalue weighted by Gasteiger charge is -2.25. The molecule has 0 radical (unpaired) electrons. The van der Waals surface area contributed by atoms with Crippen LogP contribution in [0.5, 0.6) is 11.5 Å². The molecule has 2 N–H and O–H groups in total. The Labute approximate surface area is 206 Å². The third kappa shape index (κ3) is 6.23. The average Bonchev–Trinajstić information content (AvgIpc) is 3.23. The SMILES string of the molecule is CC(=O)N(CCS(C)(=O)=O)CC1C=CC(c2cc3nccc(Oc4ccc(N)cc4F)c3s2)N=C1. The smallest absolute Gasteiger partial charge is 0.219 e. The molecule has 4 rings (SSSR count). The minimum absolute atomic E-state index is 0.0750. The molecule has 11 heteroatoms. The van der Waals surface area contributed by atoms with Crippen LogP contribution in [0.3, 0.4) is 0 Å². The van der Waals surface area contributed by atoms with E-state index in [0.717, 1.165) is 15.8 Å². The summed E-state index contributed by atoms with van der Waals surface area (Å²) in [5.74, 6) is -0.366. The van der Waals surface area contributed by atoms with Crippen molar-refractivity contribution in [2.24, 2.45) is 10.9 Å². The maximum absolute atomic E-state index is 14.2. The molecule has 1 amide bonds. The van der Waals surface area contributed by atoms with Crippen LogP contribution in [0.15, 0.2) is 53.7 Å². The molecule has 35 heavy (non-hydrogen) atoms. The second kappa shape index (κ2) is 10.1. The van der Waals surface area contributed by atoms with E-state index in [1.807, 2.05) is 18.2 Å². The topological polar surface area (TPSA) is 115 Å². The lowest BCUT2D eigenvalue weighted by Crippen LogP contribution is -2.37. The number of nitrogens with zero attached hydrogens (tertiary/aromatic N) is 3. The molecule has 3 heterocycles. The molecule has 1 aliphatic rings. The summed E-state index contributed by atoms with van der Waals surface area (Å²) in [6.45, 7) is 1.93. The fourth-order valence-electron chi connectivity index (χ4n) is 3.61. The second-order valence-corrected chi connectivity index (χ2v) is 11.7. The van der Waals surface area contributed by atoms with Gasteiger partial charge in [0, 0.05) is 67.3 Å². The number of hydrogen-bond donors (Lipinski definition) is 1. The van der Waals surface area contributed by atoms with Crippen molar-refractivity contribution in [1.29, 1.82) is 0 Å². The highest BCUT2D eigenvalue weighted by Crippen LogP contribution is 2.39. The van der Waals surface area contributed by atoms with Crippen LogP contribution in [-0.4, -0.2) is 55.5 Å². The van der Waals surface area contributed by atoms with Crippen molar-refractivity contribution in [3.8, 4) is 11.5 Å². The van der Waals surface area contributed by atoms with Gasteiger partial charge in [-0.1, -0.05) is 12.2 Å². The highest BCUT2D eigenvalue weighted by molar-refractivity contribution is 7.90. The van der Waals surface area contributed by atoms with E-state index in [1.165, 1.54) is 35.3 Å². The van der Waals surface area contributed by atoms with Gasteiger partial charge in [-0.25, -0.2) is 12.8 Å². The van der Waals surface area contributed by atoms with E-state index in [2.05, 4.69) is 9.98 Å². The van der Waals surface area contributed by atoms with E-state index in [4.69, 9.17) is 10.5 Å². The molecule has 0 bridgehead atoms. The van der Waals surface area contributed by atoms with Crippen LogP contribution >= 0.6 is 11.3 Å². The largest absolute Gasteiger partial charge is 0.453 e. The lowest BCUT2D eigenvalue weighted by atomic mass is 10.0. The molecule has 0 aliphatic carbocycles. The van der Waals surface area contributed by atoms with Crippen molar-refractivity contribution in [3.63, 3.8) is 0 Å². The predicted molar refractivity (Wildman–Crippen MR) is 136 cm³/mol. The molecule has 3 aromatic rings. The number of aromatic nitrogens is 1. The summed E-state index contributed by atoms with van der Waals surface area (Å²) in [6.07, 6.45) is 8.45. The number of dihydropyridines is 1. The number of carbonyl (C=O) groups excluding carboxylic acids is 1.